The number of piperidine rings is 1. The molecule has 3 atom stereocenters. The first-order chi connectivity index (χ1) is 20.0. The smallest absolute Gasteiger partial charge is 0.405 e. The van der Waals surface area contributed by atoms with Gasteiger partial charge in [-0.15, -0.1) is 0 Å². The van der Waals surface area contributed by atoms with Gasteiger partial charge in [0.05, 0.1) is 16.9 Å². The second kappa shape index (κ2) is 10.2. The Hall–Kier alpha value is -4.94. The number of halogens is 2. The second-order valence-electron chi connectivity index (χ2n) is 11.0. The summed E-state index contributed by atoms with van der Waals surface area (Å²) in [6, 6.07) is 10.8. The summed E-state index contributed by atoms with van der Waals surface area (Å²) < 4.78 is 36.0. The summed E-state index contributed by atoms with van der Waals surface area (Å²) in [5.74, 6) is -1.30. The molecule has 6 rings (SSSR count). The van der Waals surface area contributed by atoms with Gasteiger partial charge in [-0.05, 0) is 62.7 Å². The Bertz CT molecular complexity index is 1670. The lowest BCUT2D eigenvalue weighted by molar-refractivity contribution is 0.0745. The molecule has 0 radical (unpaired) electrons. The summed E-state index contributed by atoms with van der Waals surface area (Å²) in [5.41, 5.74) is 0.901. The molecule has 2 aliphatic rings. The topological polar surface area (TPSA) is 135 Å². The van der Waals surface area contributed by atoms with Crippen molar-refractivity contribution in [2.24, 2.45) is 11.8 Å². The molecule has 2 N–H and O–H groups in total. The van der Waals surface area contributed by atoms with E-state index < -0.39 is 23.5 Å². The van der Waals surface area contributed by atoms with Gasteiger partial charge in [-0.1, -0.05) is 0 Å². The van der Waals surface area contributed by atoms with Crippen molar-refractivity contribution in [1.82, 2.24) is 34.9 Å². The number of amides is 2. The minimum absolute atomic E-state index is 0.0229. The number of benzene rings is 1. The fourth-order valence-corrected chi connectivity index (χ4v) is 5.42. The van der Waals surface area contributed by atoms with E-state index >= 15 is 4.39 Å². The fourth-order valence-electron chi connectivity index (χ4n) is 5.42. The minimum Gasteiger partial charge on any atom is -0.474 e. The number of hydrogen-bond acceptors (Lipinski definition) is 7. The zero-order valence-corrected chi connectivity index (χ0v) is 23.0. The zero-order chi connectivity index (χ0) is 29.8. The van der Waals surface area contributed by atoms with Crippen LogP contribution in [0.1, 0.15) is 35.5 Å². The van der Waals surface area contributed by atoms with Gasteiger partial charge in [-0.25, -0.2) is 24.1 Å². The molecule has 42 heavy (non-hydrogen) atoms. The van der Waals surface area contributed by atoms with Crippen LogP contribution in [0.25, 0.3) is 17.2 Å². The normalized spacial score (nSPS) is 19.4. The number of nitrogens with one attached hydrogen (secondary N) is 1. The molecule has 11 nitrogen and oxygen atoms in total. The lowest BCUT2D eigenvalue weighted by atomic mass is 9.93. The molecule has 1 saturated carbocycles. The highest BCUT2D eigenvalue weighted by molar-refractivity contribution is 5.95. The third-order valence-electron chi connectivity index (χ3n) is 7.70. The molecule has 0 spiro atoms. The molecule has 4 heterocycles. The van der Waals surface area contributed by atoms with Crippen LogP contribution in [0.15, 0.2) is 54.9 Å². The van der Waals surface area contributed by atoms with Gasteiger partial charge >= 0.3 is 6.09 Å². The van der Waals surface area contributed by atoms with E-state index in [1.165, 1.54) is 24.5 Å². The van der Waals surface area contributed by atoms with Crippen LogP contribution in [-0.4, -0.2) is 65.9 Å². The molecule has 3 aromatic heterocycles. The van der Waals surface area contributed by atoms with Crippen molar-refractivity contribution in [3.05, 3.63) is 83.4 Å². The Morgan fingerprint density at radius 3 is 2.38 bits per heavy atom. The maximum Gasteiger partial charge on any atom is 0.405 e. The third-order valence-corrected chi connectivity index (χ3v) is 7.70. The van der Waals surface area contributed by atoms with Crippen LogP contribution in [0.5, 0.6) is 5.88 Å². The van der Waals surface area contributed by atoms with Crippen LogP contribution in [0, 0.1) is 30.5 Å². The first kappa shape index (κ1) is 27.2. The van der Waals surface area contributed by atoms with Crippen molar-refractivity contribution in [3.63, 3.8) is 0 Å². The molecule has 216 valence electrons. The minimum atomic E-state index is -1.18. The molecule has 1 saturated heterocycles. The van der Waals surface area contributed by atoms with Crippen LogP contribution in [0.3, 0.4) is 0 Å². The number of nitrogens with zero attached hydrogens (tertiary/aromatic N) is 6. The molecule has 1 aromatic carbocycles. The first-order valence-corrected chi connectivity index (χ1v) is 13.3. The number of pyridine rings is 1. The fraction of sp³-hybridized carbons (Fsp3) is 0.310. The Morgan fingerprint density at radius 2 is 1.74 bits per heavy atom. The van der Waals surface area contributed by atoms with E-state index in [0.717, 1.165) is 4.68 Å². The number of carboxylic acid groups (broad SMARTS) is 1. The van der Waals surface area contributed by atoms with Gasteiger partial charge in [0.2, 0.25) is 11.8 Å². The summed E-state index contributed by atoms with van der Waals surface area (Å²) >= 11 is 0. The number of carbonyl (C=O) groups excluding carboxylic acids is 1. The lowest BCUT2D eigenvalue weighted by Crippen LogP contribution is -2.40. The van der Waals surface area contributed by atoms with E-state index in [0.29, 0.717) is 29.9 Å². The molecule has 13 heteroatoms. The van der Waals surface area contributed by atoms with Gasteiger partial charge in [0.25, 0.3) is 11.9 Å². The van der Waals surface area contributed by atoms with E-state index in [2.05, 4.69) is 25.4 Å². The molecule has 4 aromatic rings. The highest BCUT2D eigenvalue weighted by Crippen LogP contribution is 2.48. The van der Waals surface area contributed by atoms with Gasteiger partial charge in [-0.3, -0.25) is 4.79 Å². The van der Waals surface area contributed by atoms with E-state index in [9.17, 15) is 19.1 Å². The SMILES string of the molecule is Cc1nn(-c2ncccn2)c(F)c1C(=O)N1C[C@@H]2[C@H](C1)[C@@H]2Oc1cc(C(C)(C)NC(=O)O)cc(-c2ccc(F)cc2)n1. The lowest BCUT2D eigenvalue weighted by Gasteiger charge is -2.26. The summed E-state index contributed by atoms with van der Waals surface area (Å²) in [6.45, 7) is 5.75. The molecule has 0 bridgehead atoms. The molecule has 0 unspecified atom stereocenters. The Labute approximate surface area is 239 Å². The van der Waals surface area contributed by atoms with Gasteiger partial charge in [0.15, 0.2) is 0 Å². The maximum atomic E-state index is 15.2. The number of rotatable bonds is 7. The standard InChI is InChI=1S/C29H27F2N7O4/c1-15-23(25(31)38(36-15)27-32-9-4-10-33-27)26(39)37-13-19-20(14-37)24(19)42-22-12-17(29(2,3)35-28(40)41)11-21(34-22)16-5-7-18(30)8-6-16/h4-12,19-20,24,35H,13-14H2,1-3H3,(H,40,41)/t19-,20+,24-. The number of aromatic nitrogens is 5. The van der Waals surface area contributed by atoms with Gasteiger partial charge < -0.3 is 20.1 Å². The van der Waals surface area contributed by atoms with E-state index in [1.807, 2.05) is 0 Å². The van der Waals surface area contributed by atoms with E-state index in [4.69, 9.17) is 4.74 Å². The van der Waals surface area contributed by atoms with Crippen LogP contribution in [-0.2, 0) is 5.54 Å². The van der Waals surface area contributed by atoms with Gasteiger partial charge in [0, 0.05) is 48.9 Å². The highest BCUT2D eigenvalue weighted by atomic mass is 19.1. The summed E-state index contributed by atoms with van der Waals surface area (Å²) in [4.78, 5) is 38.9. The van der Waals surface area contributed by atoms with Crippen molar-refractivity contribution < 1.29 is 28.2 Å². The summed E-state index contributed by atoms with van der Waals surface area (Å²) in [7, 11) is 0. The van der Waals surface area contributed by atoms with E-state index in [-0.39, 0.29) is 46.8 Å². The van der Waals surface area contributed by atoms with Crippen molar-refractivity contribution >= 4 is 12.0 Å². The largest absolute Gasteiger partial charge is 0.474 e. The van der Waals surface area contributed by atoms with Gasteiger partial charge in [0.1, 0.15) is 17.5 Å². The van der Waals surface area contributed by atoms with Crippen LogP contribution < -0.4 is 10.1 Å². The highest BCUT2D eigenvalue weighted by Gasteiger charge is 2.59. The molecule has 2 amide bonds. The quantitative estimate of drug-likeness (QED) is 0.338. The summed E-state index contributed by atoms with van der Waals surface area (Å²) in [5, 5.41) is 16.0. The monoisotopic (exact) mass is 575 g/mol. The van der Waals surface area contributed by atoms with Crippen LogP contribution in [0.2, 0.25) is 0 Å². The van der Waals surface area contributed by atoms with E-state index in [1.54, 1.807) is 56.0 Å². The predicted octanol–water partition coefficient (Wildman–Crippen LogP) is 3.96. The van der Waals surface area contributed by atoms with Crippen LogP contribution in [0.4, 0.5) is 13.6 Å². The van der Waals surface area contributed by atoms with Crippen molar-refractivity contribution in [3.8, 4) is 23.1 Å². The molecule has 1 aliphatic heterocycles. The molecular formula is C29H27F2N7O4. The molecule has 1 aliphatic carbocycles. The van der Waals surface area contributed by atoms with Crippen molar-refractivity contribution in [2.75, 3.05) is 13.1 Å². The second-order valence-corrected chi connectivity index (χ2v) is 11.0. The molecular weight excluding hydrogens is 548 g/mol. The van der Waals surface area contributed by atoms with Crippen LogP contribution >= 0.6 is 0 Å². The maximum absolute atomic E-state index is 15.2. The predicted molar refractivity (Wildman–Crippen MR) is 145 cm³/mol. The molecule has 2 fully saturated rings. The Kier molecular flexibility index (Phi) is 6.59. The third kappa shape index (κ3) is 5.01. The van der Waals surface area contributed by atoms with Gasteiger partial charge in [-0.2, -0.15) is 14.2 Å². The Balaban J connectivity index is 1.19. The Morgan fingerprint density at radius 1 is 1.07 bits per heavy atom. The average molecular weight is 576 g/mol. The van der Waals surface area contributed by atoms with Crippen molar-refractivity contribution in [2.45, 2.75) is 32.4 Å². The number of hydrogen-bond donors (Lipinski definition) is 2. The number of aryl methyl sites for hydroxylation is 1. The number of fused-ring (bicyclic) bond motifs is 1. The average Bonchev–Trinajstić information content (AvgIpc) is 3.25. The first-order valence-electron chi connectivity index (χ1n) is 13.3. The summed E-state index contributed by atoms with van der Waals surface area (Å²) in [6.07, 6.45) is 1.52. The zero-order valence-electron chi connectivity index (χ0n) is 23.0. The number of carbonyl (C=O) groups is 2. The number of ether oxygens (including phenoxy) is 1. The number of likely N-dealkylation sites (tertiary alicyclic amines) is 1. The van der Waals surface area contributed by atoms with Crippen molar-refractivity contribution in [1.29, 1.82) is 0 Å².